The second-order valence-electron chi connectivity index (χ2n) is 3.31. The molecule has 0 saturated carbocycles. The van der Waals surface area contributed by atoms with Gasteiger partial charge in [-0.15, -0.1) is 0 Å². The summed E-state index contributed by atoms with van der Waals surface area (Å²) < 4.78 is 4.94. The summed E-state index contributed by atoms with van der Waals surface area (Å²) in [5, 5.41) is 9.05. The Hall–Kier alpha value is -2.43. The smallest absolute Gasteiger partial charge is 0.339 e. The molecule has 0 aliphatic rings. The zero-order valence-electron chi connectivity index (χ0n) is 9.12. The number of carboxylic acids is 1. The zero-order valence-corrected chi connectivity index (χ0v) is 9.12. The summed E-state index contributed by atoms with van der Waals surface area (Å²) in [6.45, 7) is 0. The van der Waals surface area contributed by atoms with Crippen LogP contribution in [0.4, 0.5) is 0 Å². The van der Waals surface area contributed by atoms with Gasteiger partial charge >= 0.3 is 5.97 Å². The topological polar surface area (TPSA) is 72.3 Å². The highest BCUT2D eigenvalue weighted by Gasteiger charge is 2.13. The Labute approximate surface area is 97.7 Å². The van der Waals surface area contributed by atoms with E-state index in [1.54, 1.807) is 24.5 Å². The minimum Gasteiger partial charge on any atom is -0.494 e. The summed E-state index contributed by atoms with van der Waals surface area (Å²) in [5.41, 5.74) is 1.48. The molecule has 86 valence electrons. The number of ether oxygens (including phenoxy) is 1. The molecule has 0 radical (unpaired) electrons. The van der Waals surface area contributed by atoms with Crippen LogP contribution < -0.4 is 4.74 Å². The van der Waals surface area contributed by atoms with E-state index in [9.17, 15) is 4.79 Å². The minimum atomic E-state index is -1.04. The number of hydrogen-bond acceptors (Lipinski definition) is 4. The third-order valence-electron chi connectivity index (χ3n) is 2.29. The monoisotopic (exact) mass is 230 g/mol. The molecule has 2 heterocycles. The largest absolute Gasteiger partial charge is 0.494 e. The highest BCUT2D eigenvalue weighted by Crippen LogP contribution is 2.23. The molecule has 0 aliphatic heterocycles. The number of aromatic carboxylic acids is 1. The maximum Gasteiger partial charge on any atom is 0.339 e. The summed E-state index contributed by atoms with van der Waals surface area (Å²) in [5.74, 6) is -0.796. The van der Waals surface area contributed by atoms with Crippen LogP contribution in [0, 0.1) is 0 Å². The standard InChI is InChI=1S/C12H10N2O3/c1-17-11-7-14-10(6-9(11)12(15)16)8-2-4-13-5-3-8/h2-7H,1H3,(H,15,16). The van der Waals surface area contributed by atoms with Gasteiger partial charge in [-0.2, -0.15) is 0 Å². The molecule has 0 bridgehead atoms. The van der Waals surface area contributed by atoms with E-state index in [2.05, 4.69) is 9.97 Å². The van der Waals surface area contributed by atoms with Crippen molar-refractivity contribution < 1.29 is 14.6 Å². The van der Waals surface area contributed by atoms with Crippen LogP contribution in [0.15, 0.2) is 36.8 Å². The quantitative estimate of drug-likeness (QED) is 0.871. The number of hydrogen-bond donors (Lipinski definition) is 1. The highest BCUT2D eigenvalue weighted by molar-refractivity contribution is 5.92. The lowest BCUT2D eigenvalue weighted by atomic mass is 10.1. The van der Waals surface area contributed by atoms with Crippen LogP contribution in [0.1, 0.15) is 10.4 Å². The number of carboxylic acid groups (broad SMARTS) is 1. The Bertz CT molecular complexity index is 541. The van der Waals surface area contributed by atoms with Crippen molar-refractivity contribution in [3.05, 3.63) is 42.4 Å². The van der Waals surface area contributed by atoms with Gasteiger partial charge in [0.15, 0.2) is 5.75 Å². The van der Waals surface area contributed by atoms with E-state index >= 15 is 0 Å². The molecule has 0 saturated heterocycles. The fraction of sp³-hybridized carbons (Fsp3) is 0.0833. The molecule has 0 aromatic carbocycles. The average molecular weight is 230 g/mol. The lowest BCUT2D eigenvalue weighted by molar-refractivity contribution is 0.0693. The van der Waals surface area contributed by atoms with E-state index < -0.39 is 5.97 Å². The van der Waals surface area contributed by atoms with Crippen LogP contribution in [-0.4, -0.2) is 28.2 Å². The third kappa shape index (κ3) is 2.23. The van der Waals surface area contributed by atoms with Crippen LogP contribution in [-0.2, 0) is 0 Å². The maximum absolute atomic E-state index is 11.0. The summed E-state index contributed by atoms with van der Waals surface area (Å²) in [4.78, 5) is 19.1. The molecule has 5 nitrogen and oxygen atoms in total. The molecule has 2 aromatic rings. The highest BCUT2D eigenvalue weighted by atomic mass is 16.5. The van der Waals surface area contributed by atoms with Gasteiger partial charge in [0, 0.05) is 18.0 Å². The van der Waals surface area contributed by atoms with E-state index in [0.29, 0.717) is 5.69 Å². The normalized spacial score (nSPS) is 9.94. The summed E-state index contributed by atoms with van der Waals surface area (Å²) in [6.07, 6.45) is 4.66. The van der Waals surface area contributed by atoms with Crippen LogP contribution in [0.25, 0.3) is 11.3 Å². The van der Waals surface area contributed by atoms with Crippen LogP contribution in [0.5, 0.6) is 5.75 Å². The second kappa shape index (κ2) is 4.61. The van der Waals surface area contributed by atoms with E-state index in [1.165, 1.54) is 19.4 Å². The average Bonchev–Trinajstić information content (AvgIpc) is 2.39. The van der Waals surface area contributed by atoms with Crippen LogP contribution in [0.2, 0.25) is 0 Å². The number of pyridine rings is 2. The van der Waals surface area contributed by atoms with Crippen molar-refractivity contribution in [1.29, 1.82) is 0 Å². The first-order valence-electron chi connectivity index (χ1n) is 4.90. The molecule has 17 heavy (non-hydrogen) atoms. The molecule has 0 aliphatic carbocycles. The molecule has 1 N–H and O–H groups in total. The molecule has 5 heteroatoms. The number of rotatable bonds is 3. The molecule has 0 spiro atoms. The number of methoxy groups -OCH3 is 1. The van der Waals surface area contributed by atoms with Gasteiger partial charge in [0.25, 0.3) is 0 Å². The van der Waals surface area contributed by atoms with Crippen molar-refractivity contribution in [2.45, 2.75) is 0 Å². The Morgan fingerprint density at radius 2 is 2.06 bits per heavy atom. The Morgan fingerprint density at radius 3 is 2.65 bits per heavy atom. The molecule has 0 amide bonds. The van der Waals surface area contributed by atoms with Crippen LogP contribution >= 0.6 is 0 Å². The van der Waals surface area contributed by atoms with Crippen molar-refractivity contribution in [3.8, 4) is 17.0 Å². The molecular formula is C12H10N2O3. The van der Waals surface area contributed by atoms with Crippen molar-refractivity contribution in [2.75, 3.05) is 7.11 Å². The summed E-state index contributed by atoms with van der Waals surface area (Å²) >= 11 is 0. The van der Waals surface area contributed by atoms with Crippen molar-refractivity contribution in [3.63, 3.8) is 0 Å². The van der Waals surface area contributed by atoms with E-state index in [0.717, 1.165) is 5.56 Å². The molecule has 2 rings (SSSR count). The maximum atomic E-state index is 11.0. The molecule has 0 fully saturated rings. The minimum absolute atomic E-state index is 0.0920. The number of aromatic nitrogens is 2. The van der Waals surface area contributed by atoms with Gasteiger partial charge < -0.3 is 9.84 Å². The number of nitrogens with zero attached hydrogens (tertiary/aromatic N) is 2. The zero-order chi connectivity index (χ0) is 12.3. The summed E-state index contributed by atoms with van der Waals surface area (Å²) in [7, 11) is 1.41. The summed E-state index contributed by atoms with van der Waals surface area (Å²) in [6, 6.07) is 5.01. The van der Waals surface area contributed by atoms with Crippen molar-refractivity contribution in [2.24, 2.45) is 0 Å². The Balaban J connectivity index is 2.51. The van der Waals surface area contributed by atoms with Gasteiger partial charge in [0.1, 0.15) is 5.56 Å². The van der Waals surface area contributed by atoms with Gasteiger partial charge in [-0.05, 0) is 18.2 Å². The Kier molecular flexibility index (Phi) is 3.00. The molecule has 0 unspecified atom stereocenters. The first-order valence-corrected chi connectivity index (χ1v) is 4.90. The lowest BCUT2D eigenvalue weighted by Gasteiger charge is -2.06. The molecular weight excluding hydrogens is 220 g/mol. The van der Waals surface area contributed by atoms with E-state index in [1.807, 2.05) is 0 Å². The SMILES string of the molecule is COc1cnc(-c2ccncc2)cc1C(=O)O. The van der Waals surface area contributed by atoms with Crippen LogP contribution in [0.3, 0.4) is 0 Å². The predicted octanol–water partition coefficient (Wildman–Crippen LogP) is 1.85. The Morgan fingerprint density at radius 1 is 1.35 bits per heavy atom. The van der Waals surface area contributed by atoms with Gasteiger partial charge in [0.05, 0.1) is 19.0 Å². The van der Waals surface area contributed by atoms with Gasteiger partial charge in [-0.1, -0.05) is 0 Å². The first-order chi connectivity index (χ1) is 8.22. The van der Waals surface area contributed by atoms with Crippen molar-refractivity contribution >= 4 is 5.97 Å². The fourth-order valence-electron chi connectivity index (χ4n) is 1.45. The van der Waals surface area contributed by atoms with E-state index in [-0.39, 0.29) is 11.3 Å². The number of carbonyl (C=O) groups is 1. The predicted molar refractivity (Wildman–Crippen MR) is 61.0 cm³/mol. The van der Waals surface area contributed by atoms with Crippen molar-refractivity contribution in [1.82, 2.24) is 9.97 Å². The fourth-order valence-corrected chi connectivity index (χ4v) is 1.45. The molecule has 2 aromatic heterocycles. The second-order valence-corrected chi connectivity index (χ2v) is 3.31. The third-order valence-corrected chi connectivity index (χ3v) is 2.29. The van der Waals surface area contributed by atoms with E-state index in [4.69, 9.17) is 9.84 Å². The van der Waals surface area contributed by atoms with Gasteiger partial charge in [-0.25, -0.2) is 4.79 Å². The van der Waals surface area contributed by atoms with Gasteiger partial charge in [-0.3, -0.25) is 9.97 Å². The first kappa shape index (κ1) is 11.1. The lowest BCUT2D eigenvalue weighted by Crippen LogP contribution is -2.02. The van der Waals surface area contributed by atoms with Gasteiger partial charge in [0.2, 0.25) is 0 Å². The molecule has 0 atom stereocenters.